The second-order valence-electron chi connectivity index (χ2n) is 5.41. The lowest BCUT2D eigenvalue weighted by Crippen LogP contribution is -2.43. The first-order valence-corrected chi connectivity index (χ1v) is 6.83. The molecule has 0 spiro atoms. The van der Waals surface area contributed by atoms with Crippen LogP contribution in [0.15, 0.2) is 0 Å². The predicted molar refractivity (Wildman–Crippen MR) is 61.6 cm³/mol. The van der Waals surface area contributed by atoms with Gasteiger partial charge in [-0.3, -0.25) is 0 Å². The van der Waals surface area contributed by atoms with Gasteiger partial charge in [-0.2, -0.15) is 0 Å². The van der Waals surface area contributed by atoms with Crippen molar-refractivity contribution in [2.75, 3.05) is 13.2 Å². The average Bonchev–Trinajstić information content (AvgIpc) is 2.40. The van der Waals surface area contributed by atoms with Crippen molar-refractivity contribution in [3.63, 3.8) is 0 Å². The van der Waals surface area contributed by atoms with Crippen LogP contribution in [0, 0.1) is 0 Å². The highest BCUT2D eigenvalue weighted by Crippen LogP contribution is 2.22. The summed E-state index contributed by atoms with van der Waals surface area (Å²) in [5.41, 5.74) is 0. The summed E-state index contributed by atoms with van der Waals surface area (Å²) >= 11 is 0. The van der Waals surface area contributed by atoms with Gasteiger partial charge in [-0.15, -0.1) is 0 Å². The Kier molecular flexibility index (Phi) is 3.69. The van der Waals surface area contributed by atoms with Gasteiger partial charge in [0, 0.05) is 6.54 Å². The van der Waals surface area contributed by atoms with Crippen LogP contribution < -0.4 is 4.72 Å². The summed E-state index contributed by atoms with van der Waals surface area (Å²) < 4.78 is 36.1. The molecule has 1 heterocycles. The van der Waals surface area contributed by atoms with Crippen LogP contribution in [-0.2, 0) is 19.5 Å². The highest BCUT2D eigenvalue weighted by molar-refractivity contribution is 7.90. The minimum atomic E-state index is -3.31. The van der Waals surface area contributed by atoms with E-state index in [0.717, 1.165) is 0 Å². The maximum absolute atomic E-state index is 11.8. The molecule has 1 atom stereocenters. The minimum Gasteiger partial charge on any atom is -0.348 e. The lowest BCUT2D eigenvalue weighted by Gasteiger charge is -2.21. The highest BCUT2D eigenvalue weighted by Gasteiger charge is 2.35. The smallest absolute Gasteiger partial charge is 0.216 e. The lowest BCUT2D eigenvalue weighted by atomic mass is 10.3. The Morgan fingerprint density at radius 2 is 1.94 bits per heavy atom. The van der Waals surface area contributed by atoms with Crippen LogP contribution in [0.25, 0.3) is 0 Å². The zero-order valence-corrected chi connectivity index (χ0v) is 11.3. The number of rotatable bonds is 3. The predicted octanol–water partition coefficient (Wildman–Crippen LogP) is 0.856. The van der Waals surface area contributed by atoms with E-state index < -0.39 is 20.6 Å². The SMILES string of the molecule is CC1(C)OCC(CNS(=O)(=O)C(C)(C)C)O1. The highest BCUT2D eigenvalue weighted by atomic mass is 32.2. The molecule has 1 rings (SSSR count). The zero-order valence-electron chi connectivity index (χ0n) is 10.5. The fourth-order valence-electron chi connectivity index (χ4n) is 1.28. The van der Waals surface area contributed by atoms with Crippen LogP contribution in [0.3, 0.4) is 0 Å². The second-order valence-corrected chi connectivity index (χ2v) is 7.94. The van der Waals surface area contributed by atoms with Crippen LogP contribution in [0.1, 0.15) is 34.6 Å². The van der Waals surface area contributed by atoms with Crippen molar-refractivity contribution in [3.05, 3.63) is 0 Å². The molecule has 96 valence electrons. The number of hydrogen-bond acceptors (Lipinski definition) is 4. The molecule has 16 heavy (non-hydrogen) atoms. The number of hydrogen-bond donors (Lipinski definition) is 1. The van der Waals surface area contributed by atoms with Gasteiger partial charge in [-0.25, -0.2) is 13.1 Å². The van der Waals surface area contributed by atoms with Gasteiger partial charge in [0.1, 0.15) is 0 Å². The van der Waals surface area contributed by atoms with E-state index in [9.17, 15) is 8.42 Å². The summed E-state index contributed by atoms with van der Waals surface area (Å²) in [4.78, 5) is 0. The van der Waals surface area contributed by atoms with Gasteiger partial charge in [0.2, 0.25) is 10.0 Å². The molecule has 0 radical (unpaired) electrons. The molecule has 1 aliphatic rings. The number of ether oxygens (including phenoxy) is 2. The van der Waals surface area contributed by atoms with Gasteiger partial charge in [0.05, 0.1) is 17.5 Å². The normalized spacial score (nSPS) is 25.9. The number of nitrogens with one attached hydrogen (secondary N) is 1. The van der Waals surface area contributed by atoms with Crippen LogP contribution in [0.5, 0.6) is 0 Å². The van der Waals surface area contributed by atoms with Crippen molar-refractivity contribution in [2.45, 2.75) is 51.3 Å². The van der Waals surface area contributed by atoms with Gasteiger partial charge in [0.15, 0.2) is 5.79 Å². The third kappa shape index (κ3) is 3.41. The third-order valence-electron chi connectivity index (χ3n) is 2.37. The molecule has 1 unspecified atom stereocenters. The molecule has 6 heteroatoms. The number of sulfonamides is 1. The summed E-state index contributed by atoms with van der Waals surface area (Å²) in [5, 5.41) is 0. The molecule has 1 aliphatic heterocycles. The Balaban J connectivity index is 2.48. The second kappa shape index (κ2) is 4.25. The van der Waals surface area contributed by atoms with E-state index in [0.29, 0.717) is 6.61 Å². The Morgan fingerprint density at radius 3 is 2.31 bits per heavy atom. The van der Waals surface area contributed by atoms with Crippen molar-refractivity contribution < 1.29 is 17.9 Å². The standard InChI is InChI=1S/C10H21NO4S/c1-9(2,3)16(12,13)11-6-8-7-14-10(4,5)15-8/h8,11H,6-7H2,1-5H3. The van der Waals surface area contributed by atoms with Gasteiger partial charge in [-0.1, -0.05) is 0 Å². The van der Waals surface area contributed by atoms with Crippen LogP contribution in [-0.4, -0.2) is 38.2 Å². The molecule has 1 N–H and O–H groups in total. The topological polar surface area (TPSA) is 64.6 Å². The molecule has 1 fully saturated rings. The lowest BCUT2D eigenvalue weighted by molar-refractivity contribution is -0.137. The summed E-state index contributed by atoms with van der Waals surface area (Å²) in [6, 6.07) is 0. The minimum absolute atomic E-state index is 0.216. The van der Waals surface area contributed by atoms with E-state index >= 15 is 0 Å². The Hall–Kier alpha value is -0.170. The van der Waals surface area contributed by atoms with Crippen molar-refractivity contribution in [1.82, 2.24) is 4.72 Å². The molecule has 0 bridgehead atoms. The van der Waals surface area contributed by atoms with Crippen LogP contribution in [0.2, 0.25) is 0 Å². The maximum atomic E-state index is 11.8. The molecular formula is C10H21NO4S. The van der Waals surface area contributed by atoms with Crippen molar-refractivity contribution in [3.8, 4) is 0 Å². The Bertz CT molecular complexity index is 342. The Morgan fingerprint density at radius 1 is 1.38 bits per heavy atom. The van der Waals surface area contributed by atoms with E-state index in [1.165, 1.54) is 0 Å². The summed E-state index contributed by atoms with van der Waals surface area (Å²) in [5.74, 6) is -0.613. The quantitative estimate of drug-likeness (QED) is 0.808. The van der Waals surface area contributed by atoms with Gasteiger partial charge < -0.3 is 9.47 Å². The van der Waals surface area contributed by atoms with Crippen molar-refractivity contribution in [2.24, 2.45) is 0 Å². The first-order valence-electron chi connectivity index (χ1n) is 5.34. The van der Waals surface area contributed by atoms with Crippen molar-refractivity contribution in [1.29, 1.82) is 0 Å². The molecule has 0 aliphatic carbocycles. The molecule has 0 amide bonds. The summed E-state index contributed by atoms with van der Waals surface area (Å²) in [6.07, 6.45) is -0.216. The third-order valence-corrected chi connectivity index (χ3v) is 4.53. The van der Waals surface area contributed by atoms with E-state index in [1.807, 2.05) is 13.8 Å². The first kappa shape index (κ1) is 13.9. The van der Waals surface area contributed by atoms with E-state index in [-0.39, 0.29) is 12.6 Å². The van der Waals surface area contributed by atoms with E-state index in [1.54, 1.807) is 20.8 Å². The fourth-order valence-corrected chi connectivity index (χ4v) is 2.12. The monoisotopic (exact) mass is 251 g/mol. The Labute approximate surface area is 97.6 Å². The molecule has 0 aromatic rings. The van der Waals surface area contributed by atoms with E-state index in [4.69, 9.17) is 9.47 Å². The van der Waals surface area contributed by atoms with Gasteiger partial charge >= 0.3 is 0 Å². The zero-order chi connectivity index (χ0) is 12.6. The van der Waals surface area contributed by atoms with E-state index in [2.05, 4.69) is 4.72 Å². The van der Waals surface area contributed by atoms with Crippen molar-refractivity contribution >= 4 is 10.0 Å². The largest absolute Gasteiger partial charge is 0.348 e. The summed E-state index contributed by atoms with van der Waals surface area (Å²) in [7, 11) is -3.31. The molecule has 5 nitrogen and oxygen atoms in total. The fraction of sp³-hybridized carbons (Fsp3) is 1.00. The molecule has 0 aromatic carbocycles. The maximum Gasteiger partial charge on any atom is 0.216 e. The first-order chi connectivity index (χ1) is 7.04. The van der Waals surface area contributed by atoms with Crippen LogP contribution >= 0.6 is 0 Å². The molecule has 0 saturated carbocycles. The molecular weight excluding hydrogens is 230 g/mol. The molecule has 0 aromatic heterocycles. The van der Waals surface area contributed by atoms with Crippen LogP contribution in [0.4, 0.5) is 0 Å². The van der Waals surface area contributed by atoms with Gasteiger partial charge in [-0.05, 0) is 34.6 Å². The average molecular weight is 251 g/mol. The summed E-state index contributed by atoms with van der Waals surface area (Å²) in [6.45, 7) is 9.26. The van der Waals surface area contributed by atoms with Gasteiger partial charge in [0.25, 0.3) is 0 Å². The molecule has 1 saturated heterocycles.